The molecule has 202 valence electrons. The molecule has 38 heavy (non-hydrogen) atoms. The van der Waals surface area contributed by atoms with Crippen molar-refractivity contribution < 1.29 is 27.2 Å². The van der Waals surface area contributed by atoms with Gasteiger partial charge < -0.3 is 15.2 Å². The second kappa shape index (κ2) is 10.8. The summed E-state index contributed by atoms with van der Waals surface area (Å²) in [6, 6.07) is 11.8. The number of rotatable bonds is 9. The smallest absolute Gasteiger partial charge is 0.333 e. The maximum Gasteiger partial charge on any atom is 0.333 e. The molecule has 0 radical (unpaired) electrons. The van der Waals surface area contributed by atoms with Crippen molar-refractivity contribution in [1.82, 2.24) is 9.97 Å². The molecule has 1 saturated carbocycles. The molecule has 2 aliphatic rings. The number of hydrogen-bond donors (Lipinski definition) is 3. The minimum atomic E-state index is -4.09. The van der Waals surface area contributed by atoms with E-state index in [1.54, 1.807) is 0 Å². The van der Waals surface area contributed by atoms with Gasteiger partial charge in [-0.25, -0.2) is 15.1 Å². The highest BCUT2D eigenvalue weighted by Gasteiger charge is 2.41. The highest BCUT2D eigenvalue weighted by molar-refractivity contribution is 7.84. The van der Waals surface area contributed by atoms with Crippen LogP contribution in [-0.2, 0) is 24.8 Å². The molecular formula is C26H30N4O6S2. The zero-order chi connectivity index (χ0) is 26.9. The lowest BCUT2D eigenvalue weighted by Gasteiger charge is -2.29. The van der Waals surface area contributed by atoms with Crippen molar-refractivity contribution >= 4 is 33.2 Å². The van der Waals surface area contributed by atoms with Crippen LogP contribution < -0.4 is 10.5 Å². The predicted molar refractivity (Wildman–Crippen MR) is 142 cm³/mol. The first-order valence-electron chi connectivity index (χ1n) is 12.4. The van der Waals surface area contributed by atoms with E-state index in [0.29, 0.717) is 35.7 Å². The van der Waals surface area contributed by atoms with Crippen LogP contribution in [0.2, 0.25) is 0 Å². The third kappa shape index (κ3) is 5.51. The number of ketones is 1. The van der Waals surface area contributed by atoms with Crippen LogP contribution in [0.15, 0.2) is 48.9 Å². The van der Waals surface area contributed by atoms with E-state index in [2.05, 4.69) is 31.6 Å². The fraction of sp³-hybridized carbons (Fsp3) is 0.423. The van der Waals surface area contributed by atoms with Crippen molar-refractivity contribution in [2.24, 2.45) is 11.1 Å². The second-order valence-corrected chi connectivity index (χ2v) is 12.2. The number of aliphatic hydroxyl groups is 1. The number of aliphatic hydroxyl groups excluding tert-OH is 1. The number of ether oxygens (including phenoxy) is 1. The van der Waals surface area contributed by atoms with Crippen LogP contribution in [0, 0.1) is 12.8 Å². The third-order valence-corrected chi connectivity index (χ3v) is 8.75. The molecule has 1 aliphatic carbocycles. The Morgan fingerprint density at radius 3 is 2.82 bits per heavy atom. The molecule has 10 nitrogen and oxygen atoms in total. The van der Waals surface area contributed by atoms with Gasteiger partial charge in [0, 0.05) is 35.2 Å². The standard InChI is InChI=1S/C26H30N4O6S2/c1-16-21(26(8-5-9-35-26)18-6-3-2-4-7-18)12-23(37-16)24(32)20-13-28-15-29-25(20)30-19-10-17(22(31)11-19)14-36-38(27,33)34/h2-4,6-7,12-13,15,17,19,22,31H,5,8-11,14H2,1H3,(H2,27,33,34)(H,28,29,30)/t17-,19-,22+,26+/m1/s1. The number of hydrogen-bond acceptors (Lipinski definition) is 10. The van der Waals surface area contributed by atoms with Gasteiger partial charge in [-0.2, -0.15) is 8.42 Å². The normalized spacial score (nSPS) is 25.5. The van der Waals surface area contributed by atoms with Crippen molar-refractivity contribution in [2.45, 2.75) is 50.4 Å². The summed E-state index contributed by atoms with van der Waals surface area (Å²) in [5.74, 6) is -0.270. The summed E-state index contributed by atoms with van der Waals surface area (Å²) in [6.07, 6.45) is 4.60. The van der Waals surface area contributed by atoms with Gasteiger partial charge in [0.05, 0.1) is 23.2 Å². The molecule has 1 aliphatic heterocycles. The Kier molecular flexibility index (Phi) is 7.63. The number of carbonyl (C=O) groups excluding carboxylic acids is 1. The summed E-state index contributed by atoms with van der Waals surface area (Å²) in [4.78, 5) is 23.7. The van der Waals surface area contributed by atoms with Crippen LogP contribution in [0.4, 0.5) is 5.82 Å². The minimum absolute atomic E-state index is 0.207. The molecular weight excluding hydrogens is 528 g/mol. The highest BCUT2D eigenvalue weighted by Crippen LogP contribution is 2.46. The molecule has 1 saturated heterocycles. The molecule has 3 aromatic rings. The summed E-state index contributed by atoms with van der Waals surface area (Å²) >= 11 is 1.42. The van der Waals surface area contributed by atoms with Gasteiger partial charge >= 0.3 is 10.3 Å². The Morgan fingerprint density at radius 2 is 2.11 bits per heavy atom. The number of thiophene rings is 1. The maximum absolute atomic E-state index is 13.7. The Hall–Kier alpha value is -2.74. The Morgan fingerprint density at radius 1 is 1.32 bits per heavy atom. The van der Waals surface area contributed by atoms with Gasteiger partial charge in [-0.05, 0) is 44.2 Å². The lowest BCUT2D eigenvalue weighted by molar-refractivity contribution is 0.0358. The van der Waals surface area contributed by atoms with E-state index in [1.807, 2.05) is 31.2 Å². The summed E-state index contributed by atoms with van der Waals surface area (Å²) in [5, 5.41) is 18.5. The number of benzene rings is 1. The lowest BCUT2D eigenvalue weighted by Crippen LogP contribution is -2.26. The molecule has 2 aromatic heterocycles. The van der Waals surface area contributed by atoms with Gasteiger partial charge in [0.15, 0.2) is 0 Å². The summed E-state index contributed by atoms with van der Waals surface area (Å²) in [5.41, 5.74) is 1.81. The molecule has 12 heteroatoms. The van der Waals surface area contributed by atoms with Crippen LogP contribution in [0.3, 0.4) is 0 Å². The molecule has 0 unspecified atom stereocenters. The minimum Gasteiger partial charge on any atom is -0.393 e. The van der Waals surface area contributed by atoms with Crippen LogP contribution in [0.1, 0.15) is 56.9 Å². The summed E-state index contributed by atoms with van der Waals surface area (Å²) < 4.78 is 33.3. The summed E-state index contributed by atoms with van der Waals surface area (Å²) in [6.45, 7) is 2.45. The molecule has 0 bridgehead atoms. The van der Waals surface area contributed by atoms with Crippen molar-refractivity contribution in [1.29, 1.82) is 0 Å². The van der Waals surface area contributed by atoms with E-state index >= 15 is 0 Å². The predicted octanol–water partition coefficient (Wildman–Crippen LogP) is 2.90. The van der Waals surface area contributed by atoms with E-state index in [9.17, 15) is 18.3 Å². The first kappa shape index (κ1) is 26.9. The number of aryl methyl sites for hydroxylation is 1. The van der Waals surface area contributed by atoms with Gasteiger partial charge in [-0.3, -0.25) is 8.98 Å². The average molecular weight is 559 g/mol. The van der Waals surface area contributed by atoms with Gasteiger partial charge in [0.1, 0.15) is 17.7 Å². The molecule has 4 atom stereocenters. The molecule has 4 N–H and O–H groups in total. The highest BCUT2D eigenvalue weighted by atomic mass is 32.2. The Balaban J connectivity index is 1.37. The van der Waals surface area contributed by atoms with E-state index in [4.69, 9.17) is 9.88 Å². The Bertz CT molecular complexity index is 1410. The number of aromatic nitrogens is 2. The average Bonchev–Trinajstić information content (AvgIpc) is 3.62. The summed E-state index contributed by atoms with van der Waals surface area (Å²) in [7, 11) is -4.09. The molecule has 0 amide bonds. The number of nitrogens with zero attached hydrogens (tertiary/aromatic N) is 2. The topological polar surface area (TPSA) is 154 Å². The van der Waals surface area contributed by atoms with Crippen LogP contribution >= 0.6 is 11.3 Å². The zero-order valence-electron chi connectivity index (χ0n) is 20.9. The Labute approximate surface area is 225 Å². The molecule has 2 fully saturated rings. The van der Waals surface area contributed by atoms with E-state index in [1.165, 1.54) is 23.9 Å². The fourth-order valence-corrected chi connectivity index (χ4v) is 6.86. The van der Waals surface area contributed by atoms with E-state index in [-0.39, 0.29) is 18.4 Å². The fourth-order valence-electron chi connectivity index (χ4n) is 5.46. The molecule has 0 spiro atoms. The number of nitrogens with two attached hydrogens (primary N) is 1. The van der Waals surface area contributed by atoms with Gasteiger partial charge in [0.2, 0.25) is 5.78 Å². The van der Waals surface area contributed by atoms with Crippen molar-refractivity contribution in [3.8, 4) is 0 Å². The van der Waals surface area contributed by atoms with Gasteiger partial charge in [-0.1, -0.05) is 30.3 Å². The number of carbonyl (C=O) groups is 1. The van der Waals surface area contributed by atoms with Crippen molar-refractivity contribution in [2.75, 3.05) is 18.5 Å². The third-order valence-electron chi connectivity index (χ3n) is 7.24. The van der Waals surface area contributed by atoms with Crippen LogP contribution in [0.5, 0.6) is 0 Å². The number of nitrogens with one attached hydrogen (secondary N) is 1. The van der Waals surface area contributed by atoms with Crippen molar-refractivity contribution in [3.05, 3.63) is 75.4 Å². The van der Waals surface area contributed by atoms with Gasteiger partial charge in [-0.15, -0.1) is 11.3 Å². The maximum atomic E-state index is 13.7. The number of anilines is 1. The molecule has 1 aromatic carbocycles. The first-order valence-corrected chi connectivity index (χ1v) is 14.7. The molecule has 5 rings (SSSR count). The monoisotopic (exact) mass is 558 g/mol. The van der Waals surface area contributed by atoms with Crippen molar-refractivity contribution in [3.63, 3.8) is 0 Å². The van der Waals surface area contributed by atoms with Gasteiger partial charge in [0.25, 0.3) is 0 Å². The first-order chi connectivity index (χ1) is 18.2. The SMILES string of the molecule is Cc1sc(C(=O)c2cncnc2N[C@@H]2C[C@H](COS(N)(=O)=O)[C@@H](O)C2)cc1[C@@]1(c2ccccc2)CCCO1. The quantitative estimate of drug-likeness (QED) is 0.336. The van der Waals surface area contributed by atoms with E-state index < -0.39 is 27.9 Å². The lowest BCUT2D eigenvalue weighted by atomic mass is 9.84. The second-order valence-electron chi connectivity index (χ2n) is 9.76. The van der Waals surface area contributed by atoms with E-state index in [0.717, 1.165) is 28.8 Å². The van der Waals surface area contributed by atoms with Crippen LogP contribution in [-0.4, -0.2) is 54.6 Å². The molecule has 3 heterocycles. The van der Waals surface area contributed by atoms with Crippen LogP contribution in [0.25, 0.3) is 0 Å². The largest absolute Gasteiger partial charge is 0.393 e. The zero-order valence-corrected chi connectivity index (χ0v) is 22.5.